The first-order valence-corrected chi connectivity index (χ1v) is 6.29. The Morgan fingerprint density at radius 1 is 1.17 bits per heavy atom. The maximum atomic E-state index is 6.06. The second-order valence-electron chi connectivity index (χ2n) is 4.47. The van der Waals surface area contributed by atoms with E-state index in [1.54, 1.807) is 0 Å². The van der Waals surface area contributed by atoms with E-state index in [4.69, 9.17) is 17.3 Å². The highest BCUT2D eigenvalue weighted by atomic mass is 35.5. The van der Waals surface area contributed by atoms with Crippen LogP contribution in [0.5, 0.6) is 0 Å². The summed E-state index contributed by atoms with van der Waals surface area (Å²) in [5.41, 5.74) is 8.35. The van der Waals surface area contributed by atoms with Gasteiger partial charge in [-0.15, -0.1) is 0 Å². The molecule has 0 amide bonds. The molecule has 2 N–H and O–H groups in total. The maximum absolute atomic E-state index is 6.06. The molecule has 2 atom stereocenters. The highest BCUT2D eigenvalue weighted by Crippen LogP contribution is 2.23. The predicted octanol–water partition coefficient (Wildman–Crippen LogP) is 2.80. The molecule has 0 aliphatic heterocycles. The van der Waals surface area contributed by atoms with Crippen LogP contribution in [-0.4, -0.2) is 16.0 Å². The molecule has 0 saturated heterocycles. The number of hydrogen-bond donors (Lipinski definition) is 1. The van der Waals surface area contributed by atoms with Gasteiger partial charge in [-0.1, -0.05) is 23.7 Å². The third kappa shape index (κ3) is 3.28. The minimum atomic E-state index is 0.0479. The standard InChI is InChI=1S/C14H16ClN3/c1-10(16)14(12-7-17-9-18-8-12)6-11-2-4-13(15)5-3-11/h2-5,7-10,14H,6,16H2,1H3/t10-,14+/m1/s1. The van der Waals surface area contributed by atoms with Gasteiger partial charge in [0.05, 0.1) is 0 Å². The van der Waals surface area contributed by atoms with E-state index < -0.39 is 0 Å². The van der Waals surface area contributed by atoms with E-state index in [0.29, 0.717) is 0 Å². The zero-order chi connectivity index (χ0) is 13.0. The molecule has 1 aromatic heterocycles. The third-order valence-corrected chi connectivity index (χ3v) is 3.26. The van der Waals surface area contributed by atoms with Crippen molar-refractivity contribution in [2.45, 2.75) is 25.3 Å². The monoisotopic (exact) mass is 261 g/mol. The molecule has 0 saturated carbocycles. The molecule has 0 unspecified atom stereocenters. The summed E-state index contributed by atoms with van der Waals surface area (Å²) in [6.45, 7) is 2.01. The van der Waals surface area contributed by atoms with Crippen molar-refractivity contribution < 1.29 is 0 Å². The van der Waals surface area contributed by atoms with Crippen molar-refractivity contribution in [1.29, 1.82) is 0 Å². The van der Waals surface area contributed by atoms with Gasteiger partial charge in [0.1, 0.15) is 6.33 Å². The molecule has 4 heteroatoms. The third-order valence-electron chi connectivity index (χ3n) is 3.01. The molecule has 94 valence electrons. The molecule has 0 aliphatic rings. The van der Waals surface area contributed by atoms with E-state index in [1.165, 1.54) is 11.9 Å². The van der Waals surface area contributed by atoms with Gasteiger partial charge in [0.2, 0.25) is 0 Å². The zero-order valence-electron chi connectivity index (χ0n) is 10.3. The van der Waals surface area contributed by atoms with Crippen LogP contribution in [0.3, 0.4) is 0 Å². The van der Waals surface area contributed by atoms with Crippen LogP contribution in [0, 0.1) is 0 Å². The summed E-state index contributed by atoms with van der Waals surface area (Å²) in [6, 6.07) is 7.91. The Kier molecular flexibility index (Phi) is 4.28. The lowest BCUT2D eigenvalue weighted by molar-refractivity contribution is 0.561. The van der Waals surface area contributed by atoms with Gasteiger partial charge in [-0.2, -0.15) is 0 Å². The molecule has 0 fully saturated rings. The fourth-order valence-corrected chi connectivity index (χ4v) is 2.11. The van der Waals surface area contributed by atoms with Crippen molar-refractivity contribution in [1.82, 2.24) is 9.97 Å². The normalized spacial score (nSPS) is 14.2. The molecular formula is C14H16ClN3. The quantitative estimate of drug-likeness (QED) is 0.921. The van der Waals surface area contributed by atoms with E-state index in [2.05, 4.69) is 9.97 Å². The van der Waals surface area contributed by atoms with E-state index in [1.807, 2.05) is 43.6 Å². The van der Waals surface area contributed by atoms with Crippen molar-refractivity contribution in [2.75, 3.05) is 0 Å². The largest absolute Gasteiger partial charge is 0.327 e. The van der Waals surface area contributed by atoms with Gasteiger partial charge in [-0.05, 0) is 36.6 Å². The summed E-state index contributed by atoms with van der Waals surface area (Å²) in [5, 5.41) is 0.749. The summed E-state index contributed by atoms with van der Waals surface area (Å²) in [7, 11) is 0. The minimum absolute atomic E-state index is 0.0479. The van der Waals surface area contributed by atoms with Gasteiger partial charge >= 0.3 is 0 Å². The summed E-state index contributed by atoms with van der Waals surface area (Å²) in [4.78, 5) is 8.11. The average Bonchev–Trinajstić information content (AvgIpc) is 2.38. The molecule has 0 aliphatic carbocycles. The lowest BCUT2D eigenvalue weighted by Crippen LogP contribution is -2.26. The van der Waals surface area contributed by atoms with E-state index >= 15 is 0 Å². The van der Waals surface area contributed by atoms with Crippen LogP contribution in [0.2, 0.25) is 5.02 Å². The Bertz CT molecular complexity index is 482. The van der Waals surface area contributed by atoms with Crippen LogP contribution in [0.4, 0.5) is 0 Å². The number of benzene rings is 1. The van der Waals surface area contributed by atoms with Crippen molar-refractivity contribution >= 4 is 11.6 Å². The number of halogens is 1. The number of aromatic nitrogens is 2. The fraction of sp³-hybridized carbons (Fsp3) is 0.286. The first-order valence-electron chi connectivity index (χ1n) is 5.91. The van der Waals surface area contributed by atoms with Crippen molar-refractivity contribution in [3.63, 3.8) is 0 Å². The van der Waals surface area contributed by atoms with Gasteiger partial charge in [-0.25, -0.2) is 9.97 Å². The Labute approximate surface area is 112 Å². The van der Waals surface area contributed by atoms with Crippen LogP contribution < -0.4 is 5.73 Å². The second kappa shape index (κ2) is 5.94. The van der Waals surface area contributed by atoms with E-state index in [0.717, 1.165) is 17.0 Å². The smallest absolute Gasteiger partial charge is 0.115 e. The Hall–Kier alpha value is -1.45. The van der Waals surface area contributed by atoms with E-state index in [-0.39, 0.29) is 12.0 Å². The maximum Gasteiger partial charge on any atom is 0.115 e. The molecule has 2 aromatic rings. The van der Waals surface area contributed by atoms with Gasteiger partial charge in [0, 0.05) is 29.4 Å². The summed E-state index contributed by atoms with van der Waals surface area (Å²) < 4.78 is 0. The zero-order valence-corrected chi connectivity index (χ0v) is 11.0. The SMILES string of the molecule is C[C@@H](N)[C@H](Cc1ccc(Cl)cc1)c1cncnc1. The summed E-state index contributed by atoms with van der Waals surface area (Å²) in [5.74, 6) is 0.215. The van der Waals surface area contributed by atoms with Crippen LogP contribution >= 0.6 is 11.6 Å². The Balaban J connectivity index is 2.19. The van der Waals surface area contributed by atoms with Crippen molar-refractivity contribution in [2.24, 2.45) is 5.73 Å². The van der Waals surface area contributed by atoms with Gasteiger partial charge in [0.15, 0.2) is 0 Å². The minimum Gasteiger partial charge on any atom is -0.327 e. The summed E-state index contributed by atoms with van der Waals surface area (Å²) >= 11 is 5.88. The molecule has 0 radical (unpaired) electrons. The van der Waals surface area contributed by atoms with Gasteiger partial charge < -0.3 is 5.73 Å². The highest BCUT2D eigenvalue weighted by Gasteiger charge is 2.17. The highest BCUT2D eigenvalue weighted by molar-refractivity contribution is 6.30. The first-order chi connectivity index (χ1) is 8.66. The second-order valence-corrected chi connectivity index (χ2v) is 4.90. The number of rotatable bonds is 4. The lowest BCUT2D eigenvalue weighted by Gasteiger charge is -2.20. The molecule has 1 heterocycles. The molecule has 3 nitrogen and oxygen atoms in total. The summed E-state index contributed by atoms with van der Waals surface area (Å²) in [6.07, 6.45) is 6.06. The first kappa shape index (κ1) is 13.0. The molecular weight excluding hydrogens is 246 g/mol. The van der Waals surface area contributed by atoms with Crippen LogP contribution in [-0.2, 0) is 6.42 Å². The number of nitrogens with two attached hydrogens (primary N) is 1. The topological polar surface area (TPSA) is 51.8 Å². The van der Waals surface area contributed by atoms with Crippen molar-refractivity contribution in [3.8, 4) is 0 Å². The Morgan fingerprint density at radius 2 is 1.78 bits per heavy atom. The van der Waals surface area contributed by atoms with E-state index in [9.17, 15) is 0 Å². The average molecular weight is 262 g/mol. The molecule has 18 heavy (non-hydrogen) atoms. The Morgan fingerprint density at radius 3 is 2.33 bits per heavy atom. The fourth-order valence-electron chi connectivity index (χ4n) is 1.98. The van der Waals surface area contributed by atoms with Gasteiger partial charge in [-0.3, -0.25) is 0 Å². The lowest BCUT2D eigenvalue weighted by atomic mass is 9.88. The molecule has 1 aromatic carbocycles. The van der Waals surface area contributed by atoms with Crippen LogP contribution in [0.25, 0.3) is 0 Å². The molecule has 0 bridgehead atoms. The number of hydrogen-bond acceptors (Lipinski definition) is 3. The van der Waals surface area contributed by atoms with Crippen LogP contribution in [0.1, 0.15) is 24.0 Å². The van der Waals surface area contributed by atoms with Gasteiger partial charge in [0.25, 0.3) is 0 Å². The molecule has 2 rings (SSSR count). The van der Waals surface area contributed by atoms with Crippen LogP contribution in [0.15, 0.2) is 43.0 Å². The predicted molar refractivity (Wildman–Crippen MR) is 73.6 cm³/mol. The number of nitrogens with zero attached hydrogens (tertiary/aromatic N) is 2. The molecule has 0 spiro atoms. The van der Waals surface area contributed by atoms with Crippen molar-refractivity contribution in [3.05, 3.63) is 59.1 Å².